The van der Waals surface area contributed by atoms with Gasteiger partial charge in [0.2, 0.25) is 0 Å². The number of halogens is 1. The van der Waals surface area contributed by atoms with E-state index in [9.17, 15) is 9.59 Å². The van der Waals surface area contributed by atoms with Gasteiger partial charge in [-0.2, -0.15) is 0 Å². The summed E-state index contributed by atoms with van der Waals surface area (Å²) in [5.74, 6) is -0.0364. The van der Waals surface area contributed by atoms with Crippen LogP contribution in [-0.2, 0) is 14.3 Å². The number of hydrogen-bond acceptors (Lipinski definition) is 3. The van der Waals surface area contributed by atoms with Gasteiger partial charge in [-0.15, -0.1) is 0 Å². The van der Waals surface area contributed by atoms with Gasteiger partial charge in [-0.3, -0.25) is 4.79 Å². The first-order valence-electron chi connectivity index (χ1n) is 4.03. The van der Waals surface area contributed by atoms with Crippen LogP contribution in [0.25, 0.3) is 0 Å². The van der Waals surface area contributed by atoms with Gasteiger partial charge < -0.3 is 9.53 Å². The van der Waals surface area contributed by atoms with Gasteiger partial charge >= 0.3 is 5.97 Å². The topological polar surface area (TPSA) is 43.4 Å². The summed E-state index contributed by atoms with van der Waals surface area (Å²) in [6, 6.07) is 0. The second-order valence-corrected chi connectivity index (χ2v) is 3.29. The Labute approximate surface area is 91.7 Å². The summed E-state index contributed by atoms with van der Waals surface area (Å²) in [7, 11) is 0. The lowest BCUT2D eigenvalue weighted by Gasteiger charge is -1.96. The molecular formula is C9H13IO3. The quantitative estimate of drug-likeness (QED) is 0.325. The molecule has 0 saturated carbocycles. The number of esters is 1. The standard InChI is InChI=1S/C9H13IO3/c1-8(11)5-3-2-4-6-13-9(12)7-10/h2,4H,3,5-7H2,1H3/b4-2+. The van der Waals surface area contributed by atoms with Gasteiger partial charge in [0.15, 0.2) is 0 Å². The second kappa shape index (κ2) is 8.22. The molecule has 0 aliphatic rings. The number of ether oxygens (including phenoxy) is 1. The lowest BCUT2D eigenvalue weighted by molar-refractivity contribution is -0.138. The predicted molar refractivity (Wildman–Crippen MR) is 58.9 cm³/mol. The van der Waals surface area contributed by atoms with Gasteiger partial charge in [-0.1, -0.05) is 34.7 Å². The van der Waals surface area contributed by atoms with Crippen LogP contribution in [0.3, 0.4) is 0 Å². The molecule has 0 aliphatic carbocycles. The summed E-state index contributed by atoms with van der Waals surface area (Å²) in [5.41, 5.74) is 0. The lowest BCUT2D eigenvalue weighted by Crippen LogP contribution is -2.04. The zero-order valence-electron chi connectivity index (χ0n) is 7.59. The van der Waals surface area contributed by atoms with E-state index in [4.69, 9.17) is 4.74 Å². The summed E-state index contributed by atoms with van der Waals surface area (Å²) in [4.78, 5) is 21.1. The monoisotopic (exact) mass is 296 g/mol. The van der Waals surface area contributed by atoms with E-state index in [0.717, 1.165) is 6.42 Å². The molecule has 0 rings (SSSR count). The molecule has 0 atom stereocenters. The number of alkyl halides is 1. The van der Waals surface area contributed by atoms with Crippen LogP contribution in [0.15, 0.2) is 12.2 Å². The Morgan fingerprint density at radius 2 is 2.08 bits per heavy atom. The van der Waals surface area contributed by atoms with Gasteiger partial charge in [-0.05, 0) is 13.3 Å². The molecule has 0 unspecified atom stereocenters. The number of hydrogen-bond donors (Lipinski definition) is 0. The van der Waals surface area contributed by atoms with Crippen LogP contribution in [0.1, 0.15) is 19.8 Å². The molecule has 0 fully saturated rings. The highest BCUT2D eigenvalue weighted by Crippen LogP contribution is 1.92. The third kappa shape index (κ3) is 9.52. The van der Waals surface area contributed by atoms with Crippen molar-refractivity contribution >= 4 is 34.3 Å². The SMILES string of the molecule is CC(=O)CC/C=C/COC(=O)CI. The molecular weight excluding hydrogens is 283 g/mol. The van der Waals surface area contributed by atoms with E-state index in [1.807, 2.05) is 28.7 Å². The van der Waals surface area contributed by atoms with E-state index in [2.05, 4.69) is 0 Å². The zero-order chi connectivity index (χ0) is 10.1. The van der Waals surface area contributed by atoms with E-state index in [1.165, 1.54) is 0 Å². The maximum absolute atomic E-state index is 10.6. The van der Waals surface area contributed by atoms with Crippen LogP contribution < -0.4 is 0 Å². The Balaban J connectivity index is 3.31. The summed E-state index contributed by atoms with van der Waals surface area (Å²) >= 11 is 1.95. The fourth-order valence-electron chi connectivity index (χ4n) is 0.652. The van der Waals surface area contributed by atoms with Crippen LogP contribution in [0, 0.1) is 0 Å². The average Bonchev–Trinajstić information content (AvgIpc) is 2.10. The normalized spacial score (nSPS) is 10.3. The van der Waals surface area contributed by atoms with Crippen LogP contribution >= 0.6 is 22.6 Å². The fourth-order valence-corrected chi connectivity index (χ4v) is 0.872. The molecule has 0 N–H and O–H groups in total. The smallest absolute Gasteiger partial charge is 0.316 e. The third-order valence-corrected chi connectivity index (χ3v) is 1.90. The minimum atomic E-state index is -0.211. The maximum atomic E-state index is 10.6. The molecule has 13 heavy (non-hydrogen) atoms. The van der Waals surface area contributed by atoms with Crippen molar-refractivity contribution in [2.24, 2.45) is 0 Å². The Morgan fingerprint density at radius 1 is 1.38 bits per heavy atom. The van der Waals surface area contributed by atoms with Crippen molar-refractivity contribution in [3.8, 4) is 0 Å². The largest absolute Gasteiger partial charge is 0.461 e. The van der Waals surface area contributed by atoms with Crippen LogP contribution in [0.5, 0.6) is 0 Å². The van der Waals surface area contributed by atoms with Crippen molar-refractivity contribution in [2.45, 2.75) is 19.8 Å². The van der Waals surface area contributed by atoms with E-state index in [-0.39, 0.29) is 11.8 Å². The molecule has 4 heteroatoms. The number of rotatable bonds is 6. The van der Waals surface area contributed by atoms with Crippen molar-refractivity contribution in [1.29, 1.82) is 0 Å². The molecule has 0 bridgehead atoms. The number of Topliss-reactive ketones (excluding diaryl/α,β-unsaturated/α-hetero) is 1. The fraction of sp³-hybridized carbons (Fsp3) is 0.556. The van der Waals surface area contributed by atoms with Gasteiger partial charge in [0.25, 0.3) is 0 Å². The summed E-state index contributed by atoms with van der Waals surface area (Å²) in [5, 5.41) is 0. The Hall–Kier alpha value is -0.390. The second-order valence-electron chi connectivity index (χ2n) is 2.53. The molecule has 0 spiro atoms. The molecule has 3 nitrogen and oxygen atoms in total. The number of carbonyl (C=O) groups is 2. The third-order valence-electron chi connectivity index (χ3n) is 1.28. The van der Waals surface area contributed by atoms with Crippen molar-refractivity contribution in [3.05, 3.63) is 12.2 Å². The van der Waals surface area contributed by atoms with Crippen LogP contribution in [-0.4, -0.2) is 22.8 Å². The van der Waals surface area contributed by atoms with Crippen molar-refractivity contribution in [3.63, 3.8) is 0 Å². The Kier molecular flexibility index (Phi) is 7.97. The first kappa shape index (κ1) is 12.6. The minimum absolute atomic E-state index is 0.175. The first-order valence-corrected chi connectivity index (χ1v) is 5.55. The Morgan fingerprint density at radius 3 is 2.62 bits per heavy atom. The van der Waals surface area contributed by atoms with Gasteiger partial charge in [0.05, 0.1) is 4.43 Å². The van der Waals surface area contributed by atoms with Crippen LogP contribution in [0.2, 0.25) is 0 Å². The minimum Gasteiger partial charge on any atom is -0.461 e. The molecule has 0 aromatic heterocycles. The van der Waals surface area contributed by atoms with Gasteiger partial charge in [-0.25, -0.2) is 0 Å². The summed E-state index contributed by atoms with van der Waals surface area (Å²) in [6.07, 6.45) is 4.88. The summed E-state index contributed by atoms with van der Waals surface area (Å²) < 4.78 is 5.15. The molecule has 74 valence electrons. The van der Waals surface area contributed by atoms with E-state index >= 15 is 0 Å². The molecule has 0 aliphatic heterocycles. The Bertz CT molecular complexity index is 199. The predicted octanol–water partition coefficient (Wildman–Crippen LogP) is 1.89. The number of carbonyl (C=O) groups excluding carboxylic acids is 2. The van der Waals surface area contributed by atoms with Crippen LogP contribution in [0.4, 0.5) is 0 Å². The lowest BCUT2D eigenvalue weighted by atomic mass is 10.2. The van der Waals surface area contributed by atoms with E-state index in [0.29, 0.717) is 17.5 Å². The first-order chi connectivity index (χ1) is 6.16. The zero-order valence-corrected chi connectivity index (χ0v) is 9.74. The van der Waals surface area contributed by atoms with Gasteiger partial charge in [0, 0.05) is 6.42 Å². The number of allylic oxidation sites excluding steroid dienone is 1. The highest BCUT2D eigenvalue weighted by Gasteiger charge is 1.95. The molecule has 0 amide bonds. The molecule has 0 aromatic carbocycles. The van der Waals surface area contributed by atoms with Gasteiger partial charge in [0.1, 0.15) is 12.4 Å². The number of ketones is 1. The van der Waals surface area contributed by atoms with Crippen molar-refractivity contribution < 1.29 is 14.3 Å². The maximum Gasteiger partial charge on any atom is 0.316 e. The average molecular weight is 296 g/mol. The van der Waals surface area contributed by atoms with E-state index in [1.54, 1.807) is 13.0 Å². The van der Waals surface area contributed by atoms with Crippen molar-refractivity contribution in [1.82, 2.24) is 0 Å². The highest BCUT2D eigenvalue weighted by molar-refractivity contribution is 14.1. The van der Waals surface area contributed by atoms with E-state index < -0.39 is 0 Å². The highest BCUT2D eigenvalue weighted by atomic mass is 127. The molecule has 0 radical (unpaired) electrons. The van der Waals surface area contributed by atoms with Crippen molar-refractivity contribution in [2.75, 3.05) is 11.0 Å². The summed E-state index contributed by atoms with van der Waals surface area (Å²) in [6.45, 7) is 1.86. The molecule has 0 heterocycles. The molecule has 0 saturated heterocycles. The molecule has 0 aromatic rings.